The summed E-state index contributed by atoms with van der Waals surface area (Å²) in [5.41, 5.74) is 0.130. The molecule has 2 aromatic carbocycles. The van der Waals surface area contributed by atoms with Gasteiger partial charge in [0.2, 0.25) is 10.0 Å². The van der Waals surface area contributed by atoms with E-state index in [0.29, 0.717) is 22.6 Å². The van der Waals surface area contributed by atoms with Crippen LogP contribution in [0.4, 0.5) is 13.2 Å². The van der Waals surface area contributed by atoms with Crippen molar-refractivity contribution in [3.63, 3.8) is 0 Å². The number of halogens is 3. The van der Waals surface area contributed by atoms with E-state index < -0.39 is 27.7 Å². The molecule has 5 nitrogen and oxygen atoms in total. The van der Waals surface area contributed by atoms with E-state index in [-0.39, 0.29) is 18.4 Å². The second kappa shape index (κ2) is 9.64. The molecule has 0 saturated carbocycles. The van der Waals surface area contributed by atoms with E-state index in [0.717, 1.165) is 12.1 Å². The fourth-order valence-electron chi connectivity index (χ4n) is 2.50. The Bertz CT molecular complexity index is 965. The number of nitrogens with one attached hydrogen (secondary N) is 1. The molecule has 0 bridgehead atoms. The normalized spacial score (nSPS) is 12.0. The van der Waals surface area contributed by atoms with Crippen molar-refractivity contribution in [2.45, 2.75) is 29.3 Å². The molecular weight excluding hydrogens is 427 g/mol. The van der Waals surface area contributed by atoms with Gasteiger partial charge in [-0.2, -0.15) is 13.2 Å². The highest BCUT2D eigenvalue weighted by molar-refractivity contribution is 7.99. The lowest BCUT2D eigenvalue weighted by atomic mass is 10.1. The smallest absolute Gasteiger partial charge is 0.416 e. The largest absolute Gasteiger partial charge is 0.465 e. The number of rotatable bonds is 8. The molecule has 0 aliphatic carbocycles. The van der Waals surface area contributed by atoms with Gasteiger partial charge in [0.25, 0.3) is 0 Å². The molecule has 0 amide bonds. The van der Waals surface area contributed by atoms with Crippen LogP contribution in [0.2, 0.25) is 0 Å². The minimum atomic E-state index is -4.39. The van der Waals surface area contributed by atoms with E-state index in [9.17, 15) is 26.4 Å². The number of methoxy groups -OCH3 is 1. The van der Waals surface area contributed by atoms with Gasteiger partial charge in [0.1, 0.15) is 0 Å². The Morgan fingerprint density at radius 3 is 2.38 bits per heavy atom. The molecule has 2 aromatic rings. The number of hydrogen-bond donors (Lipinski definition) is 1. The van der Waals surface area contributed by atoms with Crippen LogP contribution in [0, 0.1) is 0 Å². The zero-order chi connectivity index (χ0) is 21.7. The average molecular weight is 450 g/mol. The highest BCUT2D eigenvalue weighted by atomic mass is 32.2. The molecule has 0 atom stereocenters. The van der Waals surface area contributed by atoms with Crippen molar-refractivity contribution in [2.24, 2.45) is 0 Å². The quantitative estimate of drug-likeness (QED) is 0.368. The Hall–Kier alpha value is -2.04. The molecule has 2 rings (SSSR count). The molecule has 160 valence electrons. The van der Waals surface area contributed by atoms with Gasteiger partial charge in [-0.05, 0) is 48.4 Å². The van der Waals surface area contributed by atoms with E-state index in [4.69, 9.17) is 4.74 Å². The Morgan fingerprint density at radius 1 is 1.17 bits per heavy atom. The van der Waals surface area contributed by atoms with Crippen molar-refractivity contribution in [3.8, 4) is 0 Å². The van der Waals surface area contributed by atoms with Crippen LogP contribution in [0.5, 0.6) is 0 Å². The SMILES string of the molecule is CCc1ccc(S(=O)(=O)NCCSc2ccc(C(F)(F)F)cc2)cc1C(=O)OC.[HH]. The van der Waals surface area contributed by atoms with E-state index in [1.807, 2.05) is 6.92 Å². The highest BCUT2D eigenvalue weighted by Gasteiger charge is 2.29. The number of sulfonamides is 1. The topological polar surface area (TPSA) is 72.5 Å². The molecule has 0 heterocycles. The van der Waals surface area contributed by atoms with Gasteiger partial charge in [-0.1, -0.05) is 13.0 Å². The first-order valence-corrected chi connectivity index (χ1v) is 11.1. The number of ether oxygens (including phenoxy) is 1. The van der Waals surface area contributed by atoms with Gasteiger partial charge in [0.15, 0.2) is 0 Å². The fraction of sp³-hybridized carbons (Fsp3) is 0.316. The third-order valence-corrected chi connectivity index (χ3v) is 6.49. The highest BCUT2D eigenvalue weighted by Crippen LogP contribution is 2.30. The molecule has 0 fully saturated rings. The van der Waals surface area contributed by atoms with Crippen LogP contribution in [0.3, 0.4) is 0 Å². The molecular formula is C19H22F3NO4S2. The van der Waals surface area contributed by atoms with Gasteiger partial charge in [-0.3, -0.25) is 0 Å². The maximum atomic E-state index is 12.6. The minimum absolute atomic E-state index is 0. The fourth-order valence-corrected chi connectivity index (χ4v) is 4.45. The summed E-state index contributed by atoms with van der Waals surface area (Å²) in [6, 6.07) is 8.90. The molecule has 0 saturated heterocycles. The molecule has 0 aromatic heterocycles. The maximum Gasteiger partial charge on any atom is 0.416 e. The first kappa shape index (κ1) is 23.2. The Kier molecular flexibility index (Phi) is 7.73. The zero-order valence-corrected chi connectivity index (χ0v) is 17.4. The van der Waals surface area contributed by atoms with E-state index in [2.05, 4.69) is 4.72 Å². The lowest BCUT2D eigenvalue weighted by molar-refractivity contribution is -0.137. The number of hydrogen-bond acceptors (Lipinski definition) is 5. The first-order valence-electron chi connectivity index (χ1n) is 8.59. The summed E-state index contributed by atoms with van der Waals surface area (Å²) in [5.74, 6) is -0.293. The number of thioether (sulfide) groups is 1. The standard InChI is InChI=1S/C19H20F3NO4S2.H2/c1-3-13-4-9-16(12-17(13)18(24)27-2)29(25,26)23-10-11-28-15-7-5-14(6-8-15)19(20,21)22;/h4-9,12,23H,3,10-11H2,1-2H3;1H. The van der Waals surface area contributed by atoms with Crippen molar-refractivity contribution in [1.29, 1.82) is 0 Å². The van der Waals surface area contributed by atoms with Crippen LogP contribution in [0.1, 0.15) is 29.8 Å². The first-order chi connectivity index (χ1) is 13.6. The van der Waals surface area contributed by atoms with E-state index >= 15 is 0 Å². The summed E-state index contributed by atoms with van der Waals surface area (Å²) in [7, 11) is -2.63. The van der Waals surface area contributed by atoms with Crippen molar-refractivity contribution < 1.29 is 32.5 Å². The number of carbonyl (C=O) groups excluding carboxylic acids is 1. The van der Waals surface area contributed by atoms with Crippen LogP contribution < -0.4 is 4.72 Å². The zero-order valence-electron chi connectivity index (χ0n) is 15.7. The molecule has 0 spiro atoms. The van der Waals surface area contributed by atoms with Crippen LogP contribution in [0.25, 0.3) is 0 Å². The summed E-state index contributed by atoms with van der Waals surface area (Å²) in [6.07, 6.45) is -3.85. The average Bonchev–Trinajstić information content (AvgIpc) is 2.69. The Labute approximate surface area is 173 Å². The summed E-state index contributed by atoms with van der Waals surface area (Å²) in [4.78, 5) is 12.4. The van der Waals surface area contributed by atoms with Gasteiger partial charge < -0.3 is 4.74 Å². The molecule has 10 heteroatoms. The van der Waals surface area contributed by atoms with Crippen molar-refractivity contribution in [3.05, 3.63) is 59.2 Å². The molecule has 1 N–H and O–H groups in total. The molecule has 0 aliphatic heterocycles. The maximum absolute atomic E-state index is 12.6. The monoisotopic (exact) mass is 449 g/mol. The van der Waals surface area contributed by atoms with Crippen molar-refractivity contribution >= 4 is 27.8 Å². The van der Waals surface area contributed by atoms with Crippen LogP contribution in [-0.4, -0.2) is 33.8 Å². The molecule has 0 unspecified atom stereocenters. The molecule has 29 heavy (non-hydrogen) atoms. The van der Waals surface area contributed by atoms with E-state index in [1.54, 1.807) is 6.07 Å². The van der Waals surface area contributed by atoms with Crippen molar-refractivity contribution in [1.82, 2.24) is 4.72 Å². The van der Waals surface area contributed by atoms with Gasteiger partial charge in [-0.15, -0.1) is 11.8 Å². The minimum Gasteiger partial charge on any atom is -0.465 e. The third-order valence-electron chi connectivity index (χ3n) is 4.02. The van der Waals surface area contributed by atoms with Crippen LogP contribution >= 0.6 is 11.8 Å². The summed E-state index contributed by atoms with van der Waals surface area (Å²) in [5, 5.41) is 0. The lowest BCUT2D eigenvalue weighted by Gasteiger charge is -2.11. The van der Waals surface area contributed by atoms with Gasteiger partial charge in [0, 0.05) is 18.6 Å². The number of benzene rings is 2. The summed E-state index contributed by atoms with van der Waals surface area (Å²) < 4.78 is 69.7. The number of esters is 1. The molecule has 0 radical (unpaired) electrons. The van der Waals surface area contributed by atoms with Crippen LogP contribution in [0.15, 0.2) is 52.3 Å². The second-order valence-corrected chi connectivity index (χ2v) is 8.87. The molecule has 0 aliphatic rings. The van der Waals surface area contributed by atoms with Crippen molar-refractivity contribution in [2.75, 3.05) is 19.4 Å². The predicted molar refractivity (Wildman–Crippen MR) is 107 cm³/mol. The van der Waals surface area contributed by atoms with Gasteiger partial charge >= 0.3 is 12.1 Å². The lowest BCUT2D eigenvalue weighted by Crippen LogP contribution is -2.26. The Balaban J connectivity index is 0.00000450. The van der Waals surface area contributed by atoms with Gasteiger partial charge in [-0.25, -0.2) is 17.9 Å². The third kappa shape index (κ3) is 6.22. The number of carbonyl (C=O) groups is 1. The summed E-state index contributed by atoms with van der Waals surface area (Å²) >= 11 is 1.22. The predicted octanol–water partition coefficient (Wildman–Crippen LogP) is 4.37. The van der Waals surface area contributed by atoms with Crippen LogP contribution in [-0.2, 0) is 27.4 Å². The second-order valence-electron chi connectivity index (χ2n) is 5.93. The number of alkyl halides is 3. The number of aryl methyl sites for hydroxylation is 1. The summed E-state index contributed by atoms with van der Waals surface area (Å²) in [6.45, 7) is 1.91. The van der Waals surface area contributed by atoms with Gasteiger partial charge in [0.05, 0.1) is 23.1 Å². The van der Waals surface area contributed by atoms with E-state index in [1.165, 1.54) is 43.1 Å². The Morgan fingerprint density at radius 2 is 1.83 bits per heavy atom.